The number of halogens is 2. The van der Waals surface area contributed by atoms with E-state index in [1.54, 1.807) is 13.4 Å². The van der Waals surface area contributed by atoms with Crippen LogP contribution in [0.25, 0.3) is 0 Å². The number of nitrogens with zero attached hydrogens (tertiary/aromatic N) is 6. The third-order valence-corrected chi connectivity index (χ3v) is 4.50. The normalized spacial score (nSPS) is 13.1. The Morgan fingerprint density at radius 1 is 1.22 bits per heavy atom. The van der Waals surface area contributed by atoms with E-state index in [9.17, 15) is 0 Å². The summed E-state index contributed by atoms with van der Waals surface area (Å²) in [7, 11) is 3.77. The van der Waals surface area contributed by atoms with E-state index in [1.165, 1.54) is 11.3 Å². The van der Waals surface area contributed by atoms with Crippen LogP contribution in [0.5, 0.6) is 0 Å². The number of fused-ring (bicyclic) bond motifs is 1. The molecule has 2 aromatic rings. The minimum Gasteiger partial charge on any atom is -0.383 e. The molecule has 0 saturated carbocycles. The number of aryl methyl sites for hydroxylation is 1. The van der Waals surface area contributed by atoms with Crippen molar-refractivity contribution < 1.29 is 4.74 Å². The van der Waals surface area contributed by atoms with Crippen molar-refractivity contribution >= 4 is 30.6 Å². The molecule has 1 aliphatic heterocycles. The van der Waals surface area contributed by atoms with E-state index < -0.39 is 0 Å². The lowest BCUT2D eigenvalue weighted by molar-refractivity contribution is 0.186. The van der Waals surface area contributed by atoms with Crippen molar-refractivity contribution in [1.29, 1.82) is 0 Å². The second kappa shape index (κ2) is 11.4. The molecule has 0 fully saturated rings. The zero-order valence-electron chi connectivity index (χ0n) is 16.1. The van der Waals surface area contributed by atoms with Crippen LogP contribution in [0.2, 0.25) is 0 Å². The van der Waals surface area contributed by atoms with E-state index in [2.05, 4.69) is 34.4 Å². The Kier molecular flexibility index (Phi) is 9.93. The van der Waals surface area contributed by atoms with Gasteiger partial charge in [-0.1, -0.05) is 6.92 Å². The van der Waals surface area contributed by atoms with Gasteiger partial charge in [0.15, 0.2) is 5.82 Å². The first-order chi connectivity index (χ1) is 12.2. The fourth-order valence-electron chi connectivity index (χ4n) is 3.11. The molecule has 0 bridgehead atoms. The molecule has 0 saturated heterocycles. The van der Waals surface area contributed by atoms with Crippen molar-refractivity contribution in [1.82, 2.24) is 30.0 Å². The van der Waals surface area contributed by atoms with Gasteiger partial charge in [0, 0.05) is 45.7 Å². The molecule has 2 aromatic heterocycles. The zero-order chi connectivity index (χ0) is 17.6. The molecule has 0 unspecified atom stereocenters. The smallest absolute Gasteiger partial charge is 0.152 e. The van der Waals surface area contributed by atoms with Crippen LogP contribution in [0, 0.1) is 0 Å². The summed E-state index contributed by atoms with van der Waals surface area (Å²) in [6.45, 7) is 6.09. The highest BCUT2D eigenvalue weighted by molar-refractivity contribution is 5.85. The summed E-state index contributed by atoms with van der Waals surface area (Å²) in [4.78, 5) is 11.8. The van der Waals surface area contributed by atoms with Crippen LogP contribution in [-0.4, -0.2) is 58.6 Å². The van der Waals surface area contributed by atoms with Gasteiger partial charge in [-0.2, -0.15) is 0 Å². The number of anilines is 1. The van der Waals surface area contributed by atoms with E-state index in [0.29, 0.717) is 13.2 Å². The van der Waals surface area contributed by atoms with Crippen molar-refractivity contribution in [2.24, 2.45) is 0 Å². The minimum atomic E-state index is 0. The molecule has 0 aromatic carbocycles. The molecule has 3 rings (SSSR count). The van der Waals surface area contributed by atoms with E-state index in [1.807, 2.05) is 4.57 Å². The molecular weight excluding hydrogens is 389 g/mol. The second-order valence-corrected chi connectivity index (χ2v) is 6.28. The number of hydrogen-bond donors (Lipinski definition) is 1. The first-order valence-corrected chi connectivity index (χ1v) is 8.89. The summed E-state index contributed by atoms with van der Waals surface area (Å²) < 4.78 is 7.19. The maximum Gasteiger partial charge on any atom is 0.152 e. The van der Waals surface area contributed by atoms with Crippen molar-refractivity contribution in [3.05, 3.63) is 29.2 Å². The average molecular weight is 418 g/mol. The Labute approximate surface area is 172 Å². The van der Waals surface area contributed by atoms with Gasteiger partial charge in [-0.15, -0.1) is 35.0 Å². The van der Waals surface area contributed by atoms with Crippen molar-refractivity contribution in [3.63, 3.8) is 0 Å². The van der Waals surface area contributed by atoms with Gasteiger partial charge in [-0.25, -0.2) is 9.97 Å². The first-order valence-electron chi connectivity index (χ1n) is 8.89. The van der Waals surface area contributed by atoms with Gasteiger partial charge < -0.3 is 19.5 Å². The Morgan fingerprint density at radius 2 is 2.00 bits per heavy atom. The Bertz CT molecular complexity index is 711. The van der Waals surface area contributed by atoms with Crippen LogP contribution >= 0.6 is 24.8 Å². The third-order valence-electron chi connectivity index (χ3n) is 4.50. The largest absolute Gasteiger partial charge is 0.383 e. The van der Waals surface area contributed by atoms with Crippen molar-refractivity contribution in [2.75, 3.05) is 38.8 Å². The van der Waals surface area contributed by atoms with Gasteiger partial charge in [0.2, 0.25) is 0 Å². The molecule has 1 aliphatic rings. The molecule has 10 heteroatoms. The van der Waals surface area contributed by atoms with Crippen LogP contribution < -0.4 is 10.2 Å². The standard InChI is InChI=1S/C17H27N7O.2ClH/c1-4-15-20-14-6-8-18-7-5-13(14)17(21-15)23(2)11-16-22-19-12-24(16)9-10-25-3;;/h12,18H,4-11H2,1-3H3;2*1H. The molecule has 0 amide bonds. The van der Waals surface area contributed by atoms with Crippen LogP contribution in [0.1, 0.15) is 29.8 Å². The van der Waals surface area contributed by atoms with E-state index in [-0.39, 0.29) is 24.8 Å². The number of ether oxygens (including phenoxy) is 1. The SMILES string of the molecule is CCc1nc2c(c(N(C)Cc3nncn3CCOC)n1)CCNCC2.Cl.Cl. The van der Waals surface area contributed by atoms with Gasteiger partial charge in [0.25, 0.3) is 0 Å². The van der Waals surface area contributed by atoms with Crippen molar-refractivity contribution in [3.8, 4) is 0 Å². The lowest BCUT2D eigenvalue weighted by atomic mass is 10.1. The molecule has 152 valence electrons. The number of aromatic nitrogens is 5. The van der Waals surface area contributed by atoms with Crippen molar-refractivity contribution in [2.45, 2.75) is 39.3 Å². The Hall–Kier alpha value is -1.48. The summed E-state index contributed by atoms with van der Waals surface area (Å²) in [6.07, 6.45) is 4.50. The fourth-order valence-corrected chi connectivity index (χ4v) is 3.11. The van der Waals surface area contributed by atoms with Gasteiger partial charge in [-0.3, -0.25) is 0 Å². The van der Waals surface area contributed by atoms with Gasteiger partial charge in [0.1, 0.15) is 18.0 Å². The molecule has 0 radical (unpaired) electrons. The molecule has 0 atom stereocenters. The molecular formula is C17H29Cl2N7O. The number of hydrogen-bond acceptors (Lipinski definition) is 7. The summed E-state index contributed by atoms with van der Waals surface area (Å²) in [5, 5.41) is 11.8. The highest BCUT2D eigenvalue weighted by Crippen LogP contribution is 2.24. The molecule has 8 nitrogen and oxygen atoms in total. The molecule has 0 aliphatic carbocycles. The monoisotopic (exact) mass is 417 g/mol. The quantitative estimate of drug-likeness (QED) is 0.729. The minimum absolute atomic E-state index is 0. The van der Waals surface area contributed by atoms with E-state index in [4.69, 9.17) is 14.7 Å². The summed E-state index contributed by atoms with van der Waals surface area (Å²) in [5.74, 6) is 2.84. The topological polar surface area (TPSA) is 81.0 Å². The summed E-state index contributed by atoms with van der Waals surface area (Å²) >= 11 is 0. The first kappa shape index (κ1) is 23.6. The lowest BCUT2D eigenvalue weighted by Crippen LogP contribution is -2.24. The van der Waals surface area contributed by atoms with Crippen LogP contribution in [0.3, 0.4) is 0 Å². The Balaban J connectivity index is 0.00000182. The third kappa shape index (κ3) is 5.75. The van der Waals surface area contributed by atoms with Gasteiger partial charge >= 0.3 is 0 Å². The van der Waals surface area contributed by atoms with E-state index in [0.717, 1.165) is 56.4 Å². The summed E-state index contributed by atoms with van der Waals surface area (Å²) in [5.41, 5.74) is 2.44. The number of rotatable bonds is 7. The lowest BCUT2D eigenvalue weighted by Gasteiger charge is -2.22. The molecule has 1 N–H and O–H groups in total. The van der Waals surface area contributed by atoms with Gasteiger partial charge in [-0.05, 0) is 13.0 Å². The molecule has 3 heterocycles. The van der Waals surface area contributed by atoms with Crippen LogP contribution in [-0.2, 0) is 37.1 Å². The van der Waals surface area contributed by atoms with E-state index >= 15 is 0 Å². The average Bonchev–Trinajstić information content (AvgIpc) is 2.92. The maximum absolute atomic E-state index is 5.16. The maximum atomic E-state index is 5.16. The summed E-state index contributed by atoms with van der Waals surface area (Å²) in [6, 6.07) is 0. The Morgan fingerprint density at radius 3 is 2.74 bits per heavy atom. The molecule has 27 heavy (non-hydrogen) atoms. The highest BCUT2D eigenvalue weighted by atomic mass is 35.5. The molecule has 0 spiro atoms. The highest BCUT2D eigenvalue weighted by Gasteiger charge is 2.20. The van der Waals surface area contributed by atoms with Crippen LogP contribution in [0.15, 0.2) is 6.33 Å². The number of nitrogens with one attached hydrogen (secondary N) is 1. The predicted molar refractivity (Wildman–Crippen MR) is 110 cm³/mol. The van der Waals surface area contributed by atoms with Gasteiger partial charge in [0.05, 0.1) is 18.8 Å². The predicted octanol–water partition coefficient (Wildman–Crippen LogP) is 1.45. The second-order valence-electron chi connectivity index (χ2n) is 6.28. The zero-order valence-corrected chi connectivity index (χ0v) is 17.8. The van der Waals surface area contributed by atoms with Crippen LogP contribution in [0.4, 0.5) is 5.82 Å². The number of methoxy groups -OCH3 is 1. The fraction of sp³-hybridized carbons (Fsp3) is 0.647.